The molecule has 140 valence electrons. The van der Waals surface area contributed by atoms with E-state index in [9.17, 15) is 4.79 Å². The molecule has 7 nitrogen and oxygen atoms in total. The maximum Gasteiger partial charge on any atom is 0.227 e. The van der Waals surface area contributed by atoms with Crippen LogP contribution in [0.25, 0.3) is 0 Å². The second-order valence-corrected chi connectivity index (χ2v) is 7.40. The van der Waals surface area contributed by atoms with E-state index in [1.54, 1.807) is 0 Å². The van der Waals surface area contributed by atoms with Crippen LogP contribution in [-0.2, 0) is 17.8 Å². The number of carbonyl (C=O) groups is 1. The van der Waals surface area contributed by atoms with E-state index >= 15 is 0 Å². The van der Waals surface area contributed by atoms with Gasteiger partial charge in [0, 0.05) is 36.1 Å². The lowest BCUT2D eigenvalue weighted by Crippen LogP contribution is -2.33. The smallest absolute Gasteiger partial charge is 0.227 e. The number of hydrogen-bond donors (Lipinski definition) is 1. The summed E-state index contributed by atoms with van der Waals surface area (Å²) < 4.78 is 0. The molecular weight excluding hydrogens is 328 g/mol. The van der Waals surface area contributed by atoms with E-state index in [2.05, 4.69) is 20.1 Å². The highest BCUT2D eigenvalue weighted by Gasteiger charge is 2.33. The molecule has 1 aliphatic heterocycles. The van der Waals surface area contributed by atoms with Crippen LogP contribution in [0.15, 0.2) is 6.20 Å². The zero-order valence-electron chi connectivity index (χ0n) is 16.3. The van der Waals surface area contributed by atoms with Gasteiger partial charge in [-0.3, -0.25) is 9.89 Å². The molecule has 1 N–H and O–H groups in total. The molecule has 3 heterocycles. The van der Waals surface area contributed by atoms with Gasteiger partial charge in [-0.1, -0.05) is 0 Å². The first kappa shape index (κ1) is 18.5. The lowest BCUT2D eigenvalue weighted by molar-refractivity contribution is -0.131. The van der Waals surface area contributed by atoms with Crippen molar-refractivity contribution in [3.8, 4) is 0 Å². The highest BCUT2D eigenvalue weighted by Crippen LogP contribution is 2.33. The second kappa shape index (κ2) is 7.53. The Hall–Kier alpha value is -2.28. The van der Waals surface area contributed by atoms with Crippen molar-refractivity contribution < 1.29 is 4.79 Å². The third-order valence-corrected chi connectivity index (χ3v) is 5.00. The number of likely N-dealkylation sites (tertiary alicyclic amines) is 1. The Morgan fingerprint density at radius 2 is 2.12 bits per heavy atom. The van der Waals surface area contributed by atoms with Crippen molar-refractivity contribution in [3.63, 3.8) is 0 Å². The first-order valence-corrected chi connectivity index (χ1v) is 9.14. The standard InChI is InChI=1S/C19H28N6O/c1-12-16(13(2)23-22-12)9-18(26)25-8-6-7-17(25)19-15(11-24(4)5)10-20-14(3)21-19/h10,17H,6-9,11H2,1-5H3,(H,22,23)/t17-/m1/s1. The van der Waals surface area contributed by atoms with Crippen LogP contribution in [0.2, 0.25) is 0 Å². The molecule has 2 aromatic rings. The summed E-state index contributed by atoms with van der Waals surface area (Å²) in [5, 5.41) is 7.18. The molecule has 1 atom stereocenters. The maximum atomic E-state index is 13.0. The molecular formula is C19H28N6O. The SMILES string of the molecule is Cc1ncc(CN(C)C)c([C@H]2CCCN2C(=O)Cc2c(C)n[nH]c2C)n1. The number of hydrogen-bond acceptors (Lipinski definition) is 5. The number of aromatic nitrogens is 4. The first-order valence-electron chi connectivity index (χ1n) is 9.14. The molecule has 1 saturated heterocycles. The number of nitrogens with one attached hydrogen (secondary N) is 1. The minimum absolute atomic E-state index is 0.0339. The van der Waals surface area contributed by atoms with Gasteiger partial charge < -0.3 is 9.80 Å². The van der Waals surface area contributed by atoms with E-state index in [0.717, 1.165) is 60.0 Å². The maximum absolute atomic E-state index is 13.0. The van der Waals surface area contributed by atoms with E-state index in [0.29, 0.717) is 6.42 Å². The summed E-state index contributed by atoms with van der Waals surface area (Å²) in [6, 6.07) is 0.0339. The summed E-state index contributed by atoms with van der Waals surface area (Å²) in [5.41, 5.74) is 4.97. The normalized spacial score (nSPS) is 17.3. The molecule has 1 aliphatic rings. The van der Waals surface area contributed by atoms with Crippen molar-refractivity contribution >= 4 is 5.91 Å². The van der Waals surface area contributed by atoms with Gasteiger partial charge in [0.2, 0.25) is 5.91 Å². The van der Waals surface area contributed by atoms with Crippen LogP contribution >= 0.6 is 0 Å². The third-order valence-electron chi connectivity index (χ3n) is 5.00. The van der Waals surface area contributed by atoms with E-state index in [1.807, 2.05) is 46.0 Å². The molecule has 0 aromatic carbocycles. The van der Waals surface area contributed by atoms with Gasteiger partial charge >= 0.3 is 0 Å². The predicted octanol–water partition coefficient (Wildman–Crippen LogP) is 2.09. The molecule has 2 aromatic heterocycles. The number of aromatic amines is 1. The summed E-state index contributed by atoms with van der Waals surface area (Å²) in [4.78, 5) is 26.2. The molecule has 3 rings (SSSR count). The van der Waals surface area contributed by atoms with Crippen molar-refractivity contribution in [2.45, 2.75) is 52.6 Å². The molecule has 26 heavy (non-hydrogen) atoms. The zero-order chi connectivity index (χ0) is 18.8. The van der Waals surface area contributed by atoms with Crippen LogP contribution in [0.5, 0.6) is 0 Å². The first-order chi connectivity index (χ1) is 12.4. The van der Waals surface area contributed by atoms with E-state index in [1.165, 1.54) is 0 Å². The predicted molar refractivity (Wildman–Crippen MR) is 99.6 cm³/mol. The summed E-state index contributed by atoms with van der Waals surface area (Å²) in [6.45, 7) is 7.36. The molecule has 0 spiro atoms. The fourth-order valence-electron chi connectivity index (χ4n) is 3.70. The number of H-pyrrole nitrogens is 1. The van der Waals surface area contributed by atoms with Crippen molar-refractivity contribution in [2.24, 2.45) is 0 Å². The van der Waals surface area contributed by atoms with Gasteiger partial charge in [0.25, 0.3) is 0 Å². The van der Waals surface area contributed by atoms with Crippen molar-refractivity contribution in [1.29, 1.82) is 0 Å². The largest absolute Gasteiger partial charge is 0.334 e. The van der Waals surface area contributed by atoms with Crippen LogP contribution < -0.4 is 0 Å². The number of carbonyl (C=O) groups excluding carboxylic acids is 1. The molecule has 0 radical (unpaired) electrons. The molecule has 1 amide bonds. The van der Waals surface area contributed by atoms with Crippen molar-refractivity contribution in [3.05, 3.63) is 40.2 Å². The molecule has 0 bridgehead atoms. The zero-order valence-corrected chi connectivity index (χ0v) is 16.3. The van der Waals surface area contributed by atoms with E-state index in [4.69, 9.17) is 4.98 Å². The molecule has 1 fully saturated rings. The Labute approximate surface area is 154 Å². The molecule has 0 saturated carbocycles. The van der Waals surface area contributed by atoms with Crippen molar-refractivity contribution in [2.75, 3.05) is 20.6 Å². The van der Waals surface area contributed by atoms with Crippen molar-refractivity contribution in [1.82, 2.24) is 30.0 Å². The number of rotatable bonds is 5. The number of nitrogens with zero attached hydrogens (tertiary/aromatic N) is 5. The summed E-state index contributed by atoms with van der Waals surface area (Å²) in [5.74, 6) is 0.899. The van der Waals surface area contributed by atoms with Gasteiger partial charge in [-0.15, -0.1) is 0 Å². The Morgan fingerprint density at radius 1 is 1.35 bits per heavy atom. The van der Waals surface area contributed by atoms with E-state index in [-0.39, 0.29) is 11.9 Å². The van der Waals surface area contributed by atoms with Crippen LogP contribution in [0.4, 0.5) is 0 Å². The fourth-order valence-corrected chi connectivity index (χ4v) is 3.70. The van der Waals surface area contributed by atoms with Gasteiger partial charge in [0.15, 0.2) is 0 Å². The van der Waals surface area contributed by atoms with Gasteiger partial charge in [-0.25, -0.2) is 9.97 Å². The van der Waals surface area contributed by atoms with Crippen LogP contribution in [0.1, 0.15) is 52.9 Å². The van der Waals surface area contributed by atoms with Crippen LogP contribution in [0.3, 0.4) is 0 Å². The third kappa shape index (κ3) is 3.77. The lowest BCUT2D eigenvalue weighted by Gasteiger charge is -2.27. The summed E-state index contributed by atoms with van der Waals surface area (Å²) >= 11 is 0. The van der Waals surface area contributed by atoms with Gasteiger partial charge in [0.05, 0.1) is 23.9 Å². The number of aryl methyl sites for hydroxylation is 3. The number of amides is 1. The minimum Gasteiger partial charge on any atom is -0.334 e. The Bertz CT molecular complexity index is 778. The monoisotopic (exact) mass is 356 g/mol. The van der Waals surface area contributed by atoms with Crippen LogP contribution in [-0.4, -0.2) is 56.5 Å². The second-order valence-electron chi connectivity index (χ2n) is 7.40. The van der Waals surface area contributed by atoms with Gasteiger partial charge in [-0.05, 0) is 47.7 Å². The average Bonchev–Trinajstić information content (AvgIpc) is 3.18. The van der Waals surface area contributed by atoms with E-state index < -0.39 is 0 Å². The summed E-state index contributed by atoms with van der Waals surface area (Å²) in [6.07, 6.45) is 4.25. The Balaban J connectivity index is 1.86. The topological polar surface area (TPSA) is 78.0 Å². The quantitative estimate of drug-likeness (QED) is 0.887. The Kier molecular flexibility index (Phi) is 5.36. The molecule has 0 unspecified atom stereocenters. The van der Waals surface area contributed by atoms with Crippen LogP contribution in [0, 0.1) is 20.8 Å². The van der Waals surface area contributed by atoms with Gasteiger partial charge in [-0.2, -0.15) is 5.10 Å². The highest BCUT2D eigenvalue weighted by molar-refractivity contribution is 5.80. The fraction of sp³-hybridized carbons (Fsp3) is 0.579. The molecule has 7 heteroatoms. The van der Waals surface area contributed by atoms with Gasteiger partial charge in [0.1, 0.15) is 5.82 Å². The average molecular weight is 356 g/mol. The highest BCUT2D eigenvalue weighted by atomic mass is 16.2. The lowest BCUT2D eigenvalue weighted by atomic mass is 10.0. The minimum atomic E-state index is 0.0339. The Morgan fingerprint density at radius 3 is 2.77 bits per heavy atom. The summed E-state index contributed by atoms with van der Waals surface area (Å²) in [7, 11) is 4.07. The molecule has 0 aliphatic carbocycles.